The quantitative estimate of drug-likeness (QED) is 0.882. The molecule has 3 rings (SSSR count). The van der Waals surface area contributed by atoms with Crippen molar-refractivity contribution in [1.29, 1.82) is 0 Å². The lowest BCUT2D eigenvalue weighted by atomic mass is 9.87. The molecule has 1 aromatic heterocycles. The van der Waals surface area contributed by atoms with Gasteiger partial charge in [0.15, 0.2) is 0 Å². The van der Waals surface area contributed by atoms with Crippen molar-refractivity contribution >= 4 is 0 Å². The summed E-state index contributed by atoms with van der Waals surface area (Å²) in [7, 11) is 1.65. The summed E-state index contributed by atoms with van der Waals surface area (Å²) in [6.45, 7) is 5.19. The Morgan fingerprint density at radius 2 is 2.08 bits per heavy atom. The first-order valence-electron chi connectivity index (χ1n) is 8.67. The lowest BCUT2D eigenvalue weighted by Gasteiger charge is -2.37. The zero-order chi connectivity index (χ0) is 17.0. The fraction of sp³-hybridized carbons (Fsp3) is 0.526. The van der Waals surface area contributed by atoms with Gasteiger partial charge >= 0.3 is 0 Å². The summed E-state index contributed by atoms with van der Waals surface area (Å²) in [5.74, 6) is 1.53. The minimum Gasteiger partial charge on any atom is -0.497 e. The molecule has 1 fully saturated rings. The molecular weight excluding hydrogens is 304 g/mol. The van der Waals surface area contributed by atoms with Crippen LogP contribution < -0.4 is 4.74 Å². The van der Waals surface area contributed by atoms with Crippen LogP contribution in [0.25, 0.3) is 11.3 Å². The van der Waals surface area contributed by atoms with Gasteiger partial charge < -0.3 is 19.3 Å². The molecule has 0 spiro atoms. The van der Waals surface area contributed by atoms with E-state index in [0.717, 1.165) is 61.7 Å². The highest BCUT2D eigenvalue weighted by Crippen LogP contribution is 2.29. The van der Waals surface area contributed by atoms with Gasteiger partial charge in [0.05, 0.1) is 12.7 Å². The summed E-state index contributed by atoms with van der Waals surface area (Å²) in [6, 6.07) is 9.66. The van der Waals surface area contributed by atoms with Gasteiger partial charge in [-0.2, -0.15) is 0 Å². The van der Waals surface area contributed by atoms with Crippen molar-refractivity contribution in [2.75, 3.05) is 26.7 Å². The number of likely N-dealkylation sites (tertiary alicyclic amines) is 1. The molecule has 1 aliphatic heterocycles. The first kappa shape index (κ1) is 17.0. The molecule has 130 valence electrons. The van der Waals surface area contributed by atoms with Crippen LogP contribution in [0.2, 0.25) is 0 Å². The Bertz CT molecular complexity index is 660. The van der Waals surface area contributed by atoms with Gasteiger partial charge in [0.25, 0.3) is 0 Å². The molecule has 2 aromatic rings. The van der Waals surface area contributed by atoms with Gasteiger partial charge in [-0.05, 0) is 37.9 Å². The van der Waals surface area contributed by atoms with Crippen LogP contribution in [0.3, 0.4) is 0 Å². The number of methoxy groups -OCH3 is 1. The van der Waals surface area contributed by atoms with Crippen molar-refractivity contribution in [1.82, 2.24) is 10.1 Å². The normalized spacial score (nSPS) is 17.8. The molecule has 5 heteroatoms. The molecule has 2 heterocycles. The summed E-state index contributed by atoms with van der Waals surface area (Å²) < 4.78 is 10.7. The van der Waals surface area contributed by atoms with Gasteiger partial charge in [0.1, 0.15) is 17.2 Å². The van der Waals surface area contributed by atoms with Crippen LogP contribution in [0.15, 0.2) is 34.9 Å². The lowest BCUT2D eigenvalue weighted by Crippen LogP contribution is -2.45. The molecule has 0 bridgehead atoms. The third-order valence-electron chi connectivity index (χ3n) is 4.75. The third-order valence-corrected chi connectivity index (χ3v) is 4.75. The van der Waals surface area contributed by atoms with E-state index in [9.17, 15) is 5.11 Å². The van der Waals surface area contributed by atoms with Gasteiger partial charge in [-0.1, -0.05) is 24.2 Å². The number of nitrogens with zero attached hydrogens (tertiary/aromatic N) is 2. The van der Waals surface area contributed by atoms with Crippen LogP contribution in [0.4, 0.5) is 0 Å². The van der Waals surface area contributed by atoms with Gasteiger partial charge in [-0.3, -0.25) is 0 Å². The van der Waals surface area contributed by atoms with Gasteiger partial charge in [0, 0.05) is 31.1 Å². The van der Waals surface area contributed by atoms with Gasteiger partial charge in [-0.15, -0.1) is 0 Å². The average molecular weight is 330 g/mol. The first-order valence-corrected chi connectivity index (χ1v) is 8.67. The van der Waals surface area contributed by atoms with Crippen molar-refractivity contribution < 1.29 is 14.4 Å². The second-order valence-corrected chi connectivity index (χ2v) is 6.65. The maximum absolute atomic E-state index is 10.8. The molecule has 0 unspecified atom stereocenters. The summed E-state index contributed by atoms with van der Waals surface area (Å²) in [6.07, 6.45) is 3.23. The van der Waals surface area contributed by atoms with E-state index in [1.165, 1.54) is 0 Å². The maximum atomic E-state index is 10.8. The number of hydrogen-bond donors (Lipinski definition) is 1. The number of benzene rings is 1. The number of aliphatic hydroxyl groups is 1. The molecule has 0 aliphatic carbocycles. The van der Waals surface area contributed by atoms with Crippen LogP contribution in [0, 0.1) is 0 Å². The Hall–Kier alpha value is -1.85. The van der Waals surface area contributed by atoms with E-state index < -0.39 is 5.60 Å². The molecule has 0 saturated carbocycles. The highest BCUT2D eigenvalue weighted by atomic mass is 16.5. The number of aromatic nitrogens is 1. The first-order chi connectivity index (χ1) is 11.6. The van der Waals surface area contributed by atoms with Crippen molar-refractivity contribution in [3.8, 4) is 17.0 Å². The molecule has 1 aromatic carbocycles. The summed E-state index contributed by atoms with van der Waals surface area (Å²) in [5, 5.41) is 15.0. The number of piperidine rings is 1. The zero-order valence-electron chi connectivity index (χ0n) is 14.5. The van der Waals surface area contributed by atoms with Crippen molar-refractivity contribution in [3.63, 3.8) is 0 Å². The fourth-order valence-electron chi connectivity index (χ4n) is 3.32. The molecule has 5 nitrogen and oxygen atoms in total. The van der Waals surface area contributed by atoms with Crippen LogP contribution in [-0.2, 0) is 6.42 Å². The van der Waals surface area contributed by atoms with Crippen LogP contribution >= 0.6 is 0 Å². The predicted molar refractivity (Wildman–Crippen MR) is 93.1 cm³/mol. The second kappa shape index (κ2) is 7.36. The molecule has 1 aliphatic rings. The summed E-state index contributed by atoms with van der Waals surface area (Å²) >= 11 is 0. The molecule has 1 saturated heterocycles. The molecule has 24 heavy (non-hydrogen) atoms. The lowest BCUT2D eigenvalue weighted by molar-refractivity contribution is -0.0246. The minimum atomic E-state index is -0.685. The summed E-state index contributed by atoms with van der Waals surface area (Å²) in [4.78, 5) is 2.41. The molecular formula is C19H26N2O3. The Morgan fingerprint density at radius 3 is 2.79 bits per heavy atom. The van der Waals surface area contributed by atoms with Crippen LogP contribution in [-0.4, -0.2) is 47.5 Å². The molecule has 1 N–H and O–H groups in total. The minimum absolute atomic E-state index is 0.518. The Morgan fingerprint density at radius 1 is 1.29 bits per heavy atom. The van der Waals surface area contributed by atoms with Crippen molar-refractivity contribution in [2.24, 2.45) is 0 Å². The second-order valence-electron chi connectivity index (χ2n) is 6.65. The van der Waals surface area contributed by atoms with Gasteiger partial charge in [-0.25, -0.2) is 0 Å². The topological polar surface area (TPSA) is 58.7 Å². The number of hydrogen-bond acceptors (Lipinski definition) is 5. The number of ether oxygens (including phenoxy) is 1. The van der Waals surface area contributed by atoms with E-state index >= 15 is 0 Å². The van der Waals surface area contributed by atoms with Crippen molar-refractivity contribution in [3.05, 3.63) is 36.1 Å². The van der Waals surface area contributed by atoms with Crippen LogP contribution in [0.5, 0.6) is 5.75 Å². The number of rotatable bonds is 6. The van der Waals surface area contributed by atoms with Crippen LogP contribution in [0.1, 0.15) is 31.9 Å². The summed E-state index contributed by atoms with van der Waals surface area (Å²) in [5.41, 5.74) is 1.04. The van der Waals surface area contributed by atoms with E-state index in [-0.39, 0.29) is 0 Å². The van der Waals surface area contributed by atoms with Crippen molar-refractivity contribution in [2.45, 2.75) is 38.2 Å². The zero-order valence-corrected chi connectivity index (χ0v) is 14.5. The monoisotopic (exact) mass is 330 g/mol. The van der Waals surface area contributed by atoms with E-state index in [0.29, 0.717) is 6.42 Å². The Balaban J connectivity index is 1.65. The fourth-order valence-corrected chi connectivity index (χ4v) is 3.32. The van der Waals surface area contributed by atoms with Gasteiger partial charge in [0.2, 0.25) is 0 Å². The largest absolute Gasteiger partial charge is 0.497 e. The average Bonchev–Trinajstić information content (AvgIpc) is 3.05. The van der Waals surface area contributed by atoms with E-state index in [1.807, 2.05) is 30.3 Å². The Kier molecular flexibility index (Phi) is 5.21. The van der Waals surface area contributed by atoms with E-state index in [1.54, 1.807) is 7.11 Å². The SMILES string of the molecule is CCCN1CCC(O)(Cc2cc(-c3cccc(OC)c3)no2)CC1. The molecule has 0 atom stereocenters. The molecule has 0 amide bonds. The highest BCUT2D eigenvalue weighted by molar-refractivity contribution is 5.60. The maximum Gasteiger partial charge on any atom is 0.140 e. The standard InChI is InChI=1S/C19H26N2O3/c1-3-9-21-10-7-19(22,8-11-21)14-17-13-18(20-24-17)15-5-4-6-16(12-15)23-2/h4-6,12-13,22H,3,7-11,14H2,1-2H3. The third kappa shape index (κ3) is 3.97. The van der Waals surface area contributed by atoms with E-state index in [4.69, 9.17) is 9.26 Å². The highest BCUT2D eigenvalue weighted by Gasteiger charge is 2.33. The Labute approximate surface area is 143 Å². The smallest absolute Gasteiger partial charge is 0.140 e. The predicted octanol–water partition coefficient (Wildman–Crippen LogP) is 3.13. The molecule has 0 radical (unpaired) electrons. The van der Waals surface area contributed by atoms with E-state index in [2.05, 4.69) is 17.0 Å².